The minimum absolute atomic E-state index is 0.246. The van der Waals surface area contributed by atoms with Crippen LogP contribution in [0.1, 0.15) is 6.42 Å². The highest BCUT2D eigenvalue weighted by molar-refractivity contribution is 5.63. The molecule has 0 saturated carbocycles. The maximum Gasteiger partial charge on any atom is 0.419 e. The van der Waals surface area contributed by atoms with Gasteiger partial charge in [-0.05, 0) is 13.0 Å². The minimum Gasteiger partial charge on any atom is -0.464 e. The molecule has 4 N–H and O–H groups in total. The first-order chi connectivity index (χ1) is 4.79. The summed E-state index contributed by atoms with van der Waals surface area (Å²) in [5, 5.41) is 11.3. The quantitative estimate of drug-likeness (QED) is 0.381. The molecule has 0 aromatic rings. The Kier molecular flexibility index (Phi) is 2.47. The number of hydrogen-bond donors (Lipinski definition) is 4. The van der Waals surface area contributed by atoms with Crippen molar-refractivity contribution < 1.29 is 9.90 Å². The Labute approximate surface area is 58.8 Å². The highest BCUT2D eigenvalue weighted by atomic mass is 16.4. The maximum atomic E-state index is 9.96. The van der Waals surface area contributed by atoms with Gasteiger partial charge < -0.3 is 10.4 Å². The van der Waals surface area contributed by atoms with Gasteiger partial charge in [-0.1, -0.05) is 0 Å². The SMILES string of the molecule is O=C(O)NNC1CCNC1. The van der Waals surface area contributed by atoms with Crippen LogP contribution in [0.15, 0.2) is 0 Å². The number of rotatable bonds is 2. The molecule has 1 rings (SSSR count). The Hall–Kier alpha value is -0.810. The van der Waals surface area contributed by atoms with Crippen LogP contribution in [-0.2, 0) is 0 Å². The third-order valence-electron chi connectivity index (χ3n) is 1.44. The van der Waals surface area contributed by atoms with Gasteiger partial charge in [0.15, 0.2) is 0 Å². The molecular formula is C5H11N3O2. The fourth-order valence-corrected chi connectivity index (χ4v) is 0.942. The summed E-state index contributed by atoms with van der Waals surface area (Å²) >= 11 is 0. The molecule has 1 aliphatic heterocycles. The summed E-state index contributed by atoms with van der Waals surface area (Å²) in [4.78, 5) is 9.96. The molecule has 1 aliphatic rings. The Morgan fingerprint density at radius 1 is 1.70 bits per heavy atom. The monoisotopic (exact) mass is 145 g/mol. The predicted molar refractivity (Wildman–Crippen MR) is 35.6 cm³/mol. The van der Waals surface area contributed by atoms with E-state index in [-0.39, 0.29) is 6.04 Å². The number of carboxylic acid groups (broad SMARTS) is 1. The van der Waals surface area contributed by atoms with Gasteiger partial charge in [0.1, 0.15) is 0 Å². The number of nitrogens with one attached hydrogen (secondary N) is 3. The molecule has 0 aromatic heterocycles. The highest BCUT2D eigenvalue weighted by Crippen LogP contribution is 1.94. The number of hydrogen-bond acceptors (Lipinski definition) is 3. The summed E-state index contributed by atoms with van der Waals surface area (Å²) in [6.45, 7) is 1.79. The molecule has 1 heterocycles. The van der Waals surface area contributed by atoms with Crippen LogP contribution < -0.4 is 16.2 Å². The van der Waals surface area contributed by atoms with Crippen LogP contribution >= 0.6 is 0 Å². The van der Waals surface area contributed by atoms with E-state index in [4.69, 9.17) is 5.11 Å². The zero-order chi connectivity index (χ0) is 7.40. The molecule has 1 saturated heterocycles. The van der Waals surface area contributed by atoms with Crippen molar-refractivity contribution in [2.24, 2.45) is 0 Å². The van der Waals surface area contributed by atoms with E-state index < -0.39 is 6.09 Å². The normalized spacial score (nSPS) is 24.6. The second-order valence-electron chi connectivity index (χ2n) is 2.26. The van der Waals surface area contributed by atoms with E-state index in [9.17, 15) is 4.79 Å². The van der Waals surface area contributed by atoms with E-state index in [1.807, 2.05) is 0 Å². The summed E-state index contributed by atoms with van der Waals surface area (Å²) in [6, 6.07) is 0.246. The summed E-state index contributed by atoms with van der Waals surface area (Å²) in [5.41, 5.74) is 4.78. The van der Waals surface area contributed by atoms with Gasteiger partial charge in [0, 0.05) is 12.6 Å². The van der Waals surface area contributed by atoms with Crippen molar-refractivity contribution in [3.8, 4) is 0 Å². The van der Waals surface area contributed by atoms with Gasteiger partial charge in [-0.2, -0.15) is 0 Å². The van der Waals surface area contributed by atoms with Gasteiger partial charge in [-0.3, -0.25) is 5.43 Å². The molecule has 5 heteroatoms. The fraction of sp³-hybridized carbons (Fsp3) is 0.800. The first kappa shape index (κ1) is 7.30. The summed E-state index contributed by atoms with van der Waals surface area (Å²) in [7, 11) is 0. The van der Waals surface area contributed by atoms with E-state index >= 15 is 0 Å². The van der Waals surface area contributed by atoms with Crippen molar-refractivity contribution in [1.29, 1.82) is 0 Å². The molecular weight excluding hydrogens is 134 g/mol. The van der Waals surface area contributed by atoms with Gasteiger partial charge >= 0.3 is 6.09 Å². The lowest BCUT2D eigenvalue weighted by molar-refractivity contribution is 0.186. The van der Waals surface area contributed by atoms with Gasteiger partial charge in [0.2, 0.25) is 0 Å². The van der Waals surface area contributed by atoms with Crippen LogP contribution in [0.25, 0.3) is 0 Å². The zero-order valence-corrected chi connectivity index (χ0v) is 5.55. The van der Waals surface area contributed by atoms with Gasteiger partial charge in [-0.25, -0.2) is 10.2 Å². The van der Waals surface area contributed by atoms with Crippen LogP contribution in [0.3, 0.4) is 0 Å². The molecule has 0 aliphatic carbocycles. The first-order valence-electron chi connectivity index (χ1n) is 3.24. The van der Waals surface area contributed by atoms with Crippen molar-refractivity contribution in [3.05, 3.63) is 0 Å². The highest BCUT2D eigenvalue weighted by Gasteiger charge is 2.13. The predicted octanol–water partition coefficient (Wildman–Crippen LogP) is -0.880. The van der Waals surface area contributed by atoms with Crippen molar-refractivity contribution >= 4 is 6.09 Å². The van der Waals surface area contributed by atoms with Gasteiger partial charge in [-0.15, -0.1) is 0 Å². The standard InChI is InChI=1S/C5H11N3O2/c9-5(10)8-7-4-1-2-6-3-4/h4,6-8H,1-3H2,(H,9,10). The Morgan fingerprint density at radius 3 is 3.00 bits per heavy atom. The number of carbonyl (C=O) groups is 1. The van der Waals surface area contributed by atoms with Crippen LogP contribution in [0.5, 0.6) is 0 Å². The zero-order valence-electron chi connectivity index (χ0n) is 5.55. The molecule has 1 unspecified atom stereocenters. The molecule has 0 radical (unpaired) electrons. The lowest BCUT2D eigenvalue weighted by atomic mass is 10.3. The van der Waals surface area contributed by atoms with E-state index in [0.29, 0.717) is 0 Å². The number of hydrazine groups is 1. The summed E-state index contributed by atoms with van der Waals surface area (Å²) in [6.07, 6.45) is -0.0628. The minimum atomic E-state index is -1.04. The Morgan fingerprint density at radius 2 is 2.50 bits per heavy atom. The molecule has 58 valence electrons. The van der Waals surface area contributed by atoms with Crippen molar-refractivity contribution in [2.45, 2.75) is 12.5 Å². The average molecular weight is 145 g/mol. The lowest BCUT2D eigenvalue weighted by Gasteiger charge is -2.08. The Balaban J connectivity index is 2.07. The van der Waals surface area contributed by atoms with E-state index in [1.54, 1.807) is 0 Å². The molecule has 0 bridgehead atoms. The molecule has 1 fully saturated rings. The number of amides is 1. The average Bonchev–Trinajstić information content (AvgIpc) is 2.34. The van der Waals surface area contributed by atoms with Crippen molar-refractivity contribution in [1.82, 2.24) is 16.2 Å². The fourth-order valence-electron chi connectivity index (χ4n) is 0.942. The molecule has 0 aromatic carbocycles. The topological polar surface area (TPSA) is 73.4 Å². The van der Waals surface area contributed by atoms with Crippen molar-refractivity contribution in [3.63, 3.8) is 0 Å². The van der Waals surface area contributed by atoms with Crippen molar-refractivity contribution in [2.75, 3.05) is 13.1 Å². The maximum absolute atomic E-state index is 9.96. The molecule has 0 spiro atoms. The molecule has 5 nitrogen and oxygen atoms in total. The largest absolute Gasteiger partial charge is 0.464 e. The molecule has 1 atom stereocenters. The second kappa shape index (κ2) is 3.38. The first-order valence-corrected chi connectivity index (χ1v) is 3.24. The summed E-state index contributed by atoms with van der Waals surface area (Å²) < 4.78 is 0. The van der Waals surface area contributed by atoms with E-state index in [2.05, 4.69) is 16.2 Å². The Bertz CT molecular complexity index is 122. The van der Waals surface area contributed by atoms with Crippen LogP contribution in [0.2, 0.25) is 0 Å². The third-order valence-corrected chi connectivity index (χ3v) is 1.44. The molecule has 1 amide bonds. The molecule has 10 heavy (non-hydrogen) atoms. The van der Waals surface area contributed by atoms with E-state index in [1.165, 1.54) is 0 Å². The summed E-state index contributed by atoms with van der Waals surface area (Å²) in [5.74, 6) is 0. The van der Waals surface area contributed by atoms with E-state index in [0.717, 1.165) is 19.5 Å². The van der Waals surface area contributed by atoms with Crippen LogP contribution in [0.4, 0.5) is 4.79 Å². The lowest BCUT2D eigenvalue weighted by Crippen LogP contribution is -2.44. The smallest absolute Gasteiger partial charge is 0.419 e. The van der Waals surface area contributed by atoms with Gasteiger partial charge in [0.05, 0.1) is 0 Å². The third kappa shape index (κ3) is 2.20. The van der Waals surface area contributed by atoms with Crippen LogP contribution in [-0.4, -0.2) is 30.3 Å². The second-order valence-corrected chi connectivity index (χ2v) is 2.26. The van der Waals surface area contributed by atoms with Crippen LogP contribution in [0, 0.1) is 0 Å². The van der Waals surface area contributed by atoms with Gasteiger partial charge in [0.25, 0.3) is 0 Å².